The van der Waals surface area contributed by atoms with Crippen LogP contribution in [0.15, 0.2) is 42.5 Å². The van der Waals surface area contributed by atoms with Crippen molar-refractivity contribution in [2.75, 3.05) is 13.1 Å². The van der Waals surface area contributed by atoms with Crippen molar-refractivity contribution in [3.05, 3.63) is 70.3 Å². The van der Waals surface area contributed by atoms with Crippen molar-refractivity contribution < 1.29 is 0 Å². The van der Waals surface area contributed by atoms with E-state index in [9.17, 15) is 0 Å². The highest BCUT2D eigenvalue weighted by atomic mass is 15.1. The van der Waals surface area contributed by atoms with Crippen LogP contribution in [0.4, 0.5) is 0 Å². The zero-order chi connectivity index (χ0) is 17.8. The molecule has 1 atom stereocenters. The maximum atomic E-state index is 3.89. The fourth-order valence-corrected chi connectivity index (χ4v) is 4.41. The molecule has 1 heterocycles. The van der Waals surface area contributed by atoms with Crippen LogP contribution in [0.2, 0.25) is 0 Å². The Morgan fingerprint density at radius 3 is 2.20 bits per heavy atom. The smallest absolute Gasteiger partial charge is 0.0299 e. The van der Waals surface area contributed by atoms with Crippen molar-refractivity contribution in [3.8, 4) is 0 Å². The van der Waals surface area contributed by atoms with E-state index >= 15 is 0 Å². The Balaban J connectivity index is 1.54. The average Bonchev–Trinajstić information content (AvgIpc) is 2.56. The Labute approximate surface area is 153 Å². The molecule has 2 aromatic rings. The topological polar surface area (TPSA) is 15.3 Å². The largest absolute Gasteiger partial charge is 0.307 e. The molecular weight excluding hydrogens is 304 g/mol. The van der Waals surface area contributed by atoms with Crippen LogP contribution in [0.25, 0.3) is 0 Å². The highest BCUT2D eigenvalue weighted by Crippen LogP contribution is 2.25. The molecule has 2 aromatic carbocycles. The van der Waals surface area contributed by atoms with Crippen LogP contribution in [0, 0.1) is 20.8 Å². The molecule has 1 saturated heterocycles. The number of hydrogen-bond acceptors (Lipinski definition) is 2. The monoisotopic (exact) mass is 336 g/mol. The molecule has 25 heavy (non-hydrogen) atoms. The molecule has 0 aliphatic carbocycles. The molecular formula is C23H32N2. The van der Waals surface area contributed by atoms with E-state index in [-0.39, 0.29) is 0 Å². The minimum Gasteiger partial charge on any atom is -0.307 e. The van der Waals surface area contributed by atoms with Crippen LogP contribution in [0.1, 0.15) is 53.6 Å². The summed E-state index contributed by atoms with van der Waals surface area (Å²) in [6.07, 6.45) is 2.47. The van der Waals surface area contributed by atoms with Crippen molar-refractivity contribution in [1.29, 1.82) is 0 Å². The van der Waals surface area contributed by atoms with Gasteiger partial charge in [0.15, 0.2) is 0 Å². The number of nitrogens with zero attached hydrogens (tertiary/aromatic N) is 1. The highest BCUT2D eigenvalue weighted by molar-refractivity contribution is 5.39. The zero-order valence-electron chi connectivity index (χ0n) is 16.2. The quantitative estimate of drug-likeness (QED) is 0.833. The molecule has 1 aliphatic heterocycles. The second kappa shape index (κ2) is 8.16. The van der Waals surface area contributed by atoms with E-state index in [2.05, 4.69) is 80.4 Å². The van der Waals surface area contributed by atoms with E-state index in [0.29, 0.717) is 12.1 Å². The predicted octanol–water partition coefficient (Wildman–Crippen LogP) is 4.93. The van der Waals surface area contributed by atoms with E-state index in [1.807, 2.05) is 0 Å². The molecule has 0 aromatic heterocycles. The molecule has 1 N–H and O–H groups in total. The number of rotatable bonds is 5. The lowest BCUT2D eigenvalue weighted by Gasteiger charge is -2.34. The SMILES string of the molecule is Cc1cc(C)c(C(C)NC2CCN(Cc3ccccc3)CC2)c(C)c1. The summed E-state index contributed by atoms with van der Waals surface area (Å²) in [7, 11) is 0. The Hall–Kier alpha value is -1.64. The van der Waals surface area contributed by atoms with Crippen LogP contribution in [0.5, 0.6) is 0 Å². The number of aryl methyl sites for hydroxylation is 3. The summed E-state index contributed by atoms with van der Waals surface area (Å²) < 4.78 is 0. The Bertz CT molecular complexity index is 661. The van der Waals surface area contributed by atoms with Gasteiger partial charge in [0, 0.05) is 18.6 Å². The molecule has 2 heteroatoms. The Kier molecular flexibility index (Phi) is 5.93. The molecule has 1 unspecified atom stereocenters. The Morgan fingerprint density at radius 2 is 1.60 bits per heavy atom. The average molecular weight is 337 g/mol. The zero-order valence-corrected chi connectivity index (χ0v) is 16.2. The van der Waals surface area contributed by atoms with Gasteiger partial charge in [0.1, 0.15) is 0 Å². The summed E-state index contributed by atoms with van der Waals surface area (Å²) in [5.41, 5.74) is 7.10. The highest BCUT2D eigenvalue weighted by Gasteiger charge is 2.22. The molecule has 0 radical (unpaired) electrons. The van der Waals surface area contributed by atoms with E-state index in [0.717, 1.165) is 6.54 Å². The summed E-state index contributed by atoms with van der Waals surface area (Å²) in [6, 6.07) is 16.5. The van der Waals surface area contributed by atoms with Gasteiger partial charge in [0.05, 0.1) is 0 Å². The van der Waals surface area contributed by atoms with Gasteiger partial charge in [-0.3, -0.25) is 4.90 Å². The van der Waals surface area contributed by atoms with Gasteiger partial charge >= 0.3 is 0 Å². The van der Waals surface area contributed by atoms with Crippen molar-refractivity contribution >= 4 is 0 Å². The second-order valence-electron chi connectivity index (χ2n) is 7.74. The van der Waals surface area contributed by atoms with Crippen LogP contribution in [0.3, 0.4) is 0 Å². The van der Waals surface area contributed by atoms with Crippen molar-refractivity contribution in [2.24, 2.45) is 0 Å². The van der Waals surface area contributed by atoms with Gasteiger partial charge < -0.3 is 5.32 Å². The van der Waals surface area contributed by atoms with E-state index < -0.39 is 0 Å². The molecule has 0 amide bonds. The third kappa shape index (κ3) is 4.71. The lowest BCUT2D eigenvalue weighted by Crippen LogP contribution is -2.43. The predicted molar refractivity (Wildman–Crippen MR) is 107 cm³/mol. The van der Waals surface area contributed by atoms with Crippen LogP contribution in [-0.4, -0.2) is 24.0 Å². The summed E-state index contributed by atoms with van der Waals surface area (Å²) in [4.78, 5) is 2.58. The van der Waals surface area contributed by atoms with Gasteiger partial charge in [-0.1, -0.05) is 48.0 Å². The van der Waals surface area contributed by atoms with Crippen LogP contribution < -0.4 is 5.32 Å². The van der Waals surface area contributed by atoms with E-state index in [4.69, 9.17) is 0 Å². The summed E-state index contributed by atoms with van der Waals surface area (Å²) in [5.74, 6) is 0. The number of likely N-dealkylation sites (tertiary alicyclic amines) is 1. The lowest BCUT2D eigenvalue weighted by atomic mass is 9.93. The molecule has 1 fully saturated rings. The van der Waals surface area contributed by atoms with Crippen molar-refractivity contribution in [2.45, 2.75) is 59.2 Å². The number of piperidine rings is 1. The standard InChI is InChI=1S/C23H32N2/c1-17-14-18(2)23(19(3)15-17)20(4)24-22-10-12-25(13-11-22)16-21-8-6-5-7-9-21/h5-9,14-15,20,22,24H,10-13,16H2,1-4H3. The first kappa shape index (κ1) is 18.2. The van der Waals surface area contributed by atoms with E-state index in [1.165, 1.54) is 53.7 Å². The third-order valence-corrected chi connectivity index (χ3v) is 5.49. The first-order valence-electron chi connectivity index (χ1n) is 9.63. The molecule has 0 spiro atoms. The number of benzene rings is 2. The normalized spacial score (nSPS) is 17.6. The summed E-state index contributed by atoms with van der Waals surface area (Å²) in [5, 5.41) is 3.89. The molecule has 134 valence electrons. The molecule has 2 nitrogen and oxygen atoms in total. The van der Waals surface area contributed by atoms with E-state index in [1.54, 1.807) is 0 Å². The molecule has 1 aliphatic rings. The molecule has 0 saturated carbocycles. The fraction of sp³-hybridized carbons (Fsp3) is 0.478. The van der Waals surface area contributed by atoms with Crippen molar-refractivity contribution in [3.63, 3.8) is 0 Å². The summed E-state index contributed by atoms with van der Waals surface area (Å²) in [6.45, 7) is 12.5. The van der Waals surface area contributed by atoms with Crippen molar-refractivity contribution in [1.82, 2.24) is 10.2 Å². The Morgan fingerprint density at radius 1 is 1.00 bits per heavy atom. The van der Waals surface area contributed by atoms with Gasteiger partial charge in [-0.15, -0.1) is 0 Å². The van der Waals surface area contributed by atoms with Gasteiger partial charge in [-0.2, -0.15) is 0 Å². The van der Waals surface area contributed by atoms with Gasteiger partial charge in [-0.05, 0) is 75.9 Å². The first-order valence-corrected chi connectivity index (χ1v) is 9.63. The maximum absolute atomic E-state index is 3.89. The summed E-state index contributed by atoms with van der Waals surface area (Å²) >= 11 is 0. The van der Waals surface area contributed by atoms with Crippen LogP contribution in [-0.2, 0) is 6.54 Å². The minimum absolute atomic E-state index is 0.422. The maximum Gasteiger partial charge on any atom is 0.0299 e. The molecule has 3 rings (SSSR count). The van der Waals surface area contributed by atoms with Gasteiger partial charge in [0.25, 0.3) is 0 Å². The molecule has 0 bridgehead atoms. The number of nitrogens with one attached hydrogen (secondary N) is 1. The third-order valence-electron chi connectivity index (χ3n) is 5.49. The first-order chi connectivity index (χ1) is 12.0. The van der Waals surface area contributed by atoms with Gasteiger partial charge in [0.2, 0.25) is 0 Å². The fourth-order valence-electron chi connectivity index (χ4n) is 4.41. The number of hydrogen-bond donors (Lipinski definition) is 1. The van der Waals surface area contributed by atoms with Gasteiger partial charge in [-0.25, -0.2) is 0 Å². The lowest BCUT2D eigenvalue weighted by molar-refractivity contribution is 0.185. The second-order valence-corrected chi connectivity index (χ2v) is 7.74. The minimum atomic E-state index is 0.422. The van der Waals surface area contributed by atoms with Crippen LogP contribution >= 0.6 is 0 Å².